The number of ketones is 1. The summed E-state index contributed by atoms with van der Waals surface area (Å²) in [6.07, 6.45) is 0.486. The van der Waals surface area contributed by atoms with E-state index in [0.29, 0.717) is 38.8 Å². The zero-order valence-corrected chi connectivity index (χ0v) is 13.9. The van der Waals surface area contributed by atoms with Crippen LogP contribution in [0, 0.1) is 0 Å². The van der Waals surface area contributed by atoms with Crippen molar-refractivity contribution in [3.8, 4) is 0 Å². The van der Waals surface area contributed by atoms with Crippen LogP contribution in [0.25, 0.3) is 0 Å². The highest BCUT2D eigenvalue weighted by atomic mass is 32.2. The summed E-state index contributed by atoms with van der Waals surface area (Å²) >= 11 is 2.70. The van der Waals surface area contributed by atoms with E-state index in [0.717, 1.165) is 0 Å². The smallest absolute Gasteiger partial charge is 0.350 e. The predicted octanol–water partition coefficient (Wildman–Crippen LogP) is 3.47. The number of carbonyl (C=O) groups is 3. The third-order valence-corrected chi connectivity index (χ3v) is 5.45. The van der Waals surface area contributed by atoms with E-state index in [4.69, 9.17) is 4.74 Å². The Balaban J connectivity index is 1.91. The fourth-order valence-corrected chi connectivity index (χ4v) is 4.23. The van der Waals surface area contributed by atoms with Crippen molar-refractivity contribution in [3.63, 3.8) is 0 Å². The summed E-state index contributed by atoms with van der Waals surface area (Å²) in [6, 6.07) is 6.78. The molecule has 5 nitrogen and oxygen atoms in total. The average molecular weight is 347 g/mol. The number of Topliss-reactive ketones (excluding diaryl/α,β-unsaturated/α-hetero) is 1. The molecule has 1 amide bonds. The number of esters is 1. The first-order chi connectivity index (χ1) is 11.1. The second-order valence-electron chi connectivity index (χ2n) is 4.81. The van der Waals surface area contributed by atoms with Crippen LogP contribution in [0.3, 0.4) is 0 Å². The van der Waals surface area contributed by atoms with Crippen LogP contribution >= 0.6 is 23.1 Å². The SMILES string of the molecule is COC(=O)c1sccc1NC(=O)c1cccc2c1SCCC2=O. The molecule has 1 aromatic heterocycles. The maximum Gasteiger partial charge on any atom is 0.350 e. The third kappa shape index (κ3) is 3.02. The number of ether oxygens (including phenoxy) is 1. The highest BCUT2D eigenvalue weighted by Gasteiger charge is 2.24. The van der Waals surface area contributed by atoms with Crippen molar-refractivity contribution in [2.75, 3.05) is 18.2 Å². The minimum atomic E-state index is -0.491. The minimum Gasteiger partial charge on any atom is -0.465 e. The van der Waals surface area contributed by atoms with Crippen LogP contribution < -0.4 is 5.32 Å². The van der Waals surface area contributed by atoms with Gasteiger partial charge in [0.05, 0.1) is 18.4 Å². The molecule has 0 bridgehead atoms. The predicted molar refractivity (Wildman–Crippen MR) is 89.7 cm³/mol. The first-order valence-corrected chi connectivity index (χ1v) is 8.74. The molecule has 118 valence electrons. The van der Waals surface area contributed by atoms with E-state index in [-0.39, 0.29) is 11.7 Å². The summed E-state index contributed by atoms with van der Waals surface area (Å²) in [5.41, 5.74) is 1.45. The lowest BCUT2D eigenvalue weighted by Crippen LogP contribution is -2.18. The summed E-state index contributed by atoms with van der Waals surface area (Å²) in [6.45, 7) is 0. The highest BCUT2D eigenvalue weighted by Crippen LogP contribution is 2.34. The fourth-order valence-electron chi connectivity index (χ4n) is 2.32. The van der Waals surface area contributed by atoms with Crippen LogP contribution in [0.1, 0.15) is 36.8 Å². The van der Waals surface area contributed by atoms with Gasteiger partial charge in [-0.3, -0.25) is 9.59 Å². The van der Waals surface area contributed by atoms with Crippen molar-refractivity contribution in [1.29, 1.82) is 0 Å². The Labute approximate surface area is 141 Å². The van der Waals surface area contributed by atoms with Gasteiger partial charge in [0.1, 0.15) is 4.88 Å². The molecule has 1 aromatic carbocycles. The van der Waals surface area contributed by atoms with E-state index in [9.17, 15) is 14.4 Å². The Morgan fingerprint density at radius 1 is 1.26 bits per heavy atom. The average Bonchev–Trinajstić information content (AvgIpc) is 3.02. The molecular formula is C16H13NO4S2. The number of fused-ring (bicyclic) bond motifs is 1. The van der Waals surface area contributed by atoms with Crippen LogP contribution in [0.5, 0.6) is 0 Å². The van der Waals surface area contributed by atoms with Gasteiger partial charge in [0.2, 0.25) is 0 Å². The topological polar surface area (TPSA) is 72.5 Å². The van der Waals surface area contributed by atoms with Crippen LogP contribution in [0.4, 0.5) is 5.69 Å². The fraction of sp³-hybridized carbons (Fsp3) is 0.188. The molecule has 0 unspecified atom stereocenters. The molecule has 0 saturated heterocycles. The van der Waals surface area contributed by atoms with E-state index < -0.39 is 5.97 Å². The molecule has 23 heavy (non-hydrogen) atoms. The van der Waals surface area contributed by atoms with Crippen molar-refractivity contribution in [1.82, 2.24) is 0 Å². The molecule has 1 aliphatic heterocycles. The molecule has 0 radical (unpaired) electrons. The van der Waals surface area contributed by atoms with E-state index in [1.165, 1.54) is 30.2 Å². The van der Waals surface area contributed by atoms with E-state index >= 15 is 0 Å². The minimum absolute atomic E-state index is 0.0548. The molecule has 0 spiro atoms. The van der Waals surface area contributed by atoms with Crippen LogP contribution in [0.15, 0.2) is 34.5 Å². The molecule has 7 heteroatoms. The van der Waals surface area contributed by atoms with Gasteiger partial charge in [0, 0.05) is 22.6 Å². The van der Waals surface area contributed by atoms with Gasteiger partial charge in [0.25, 0.3) is 5.91 Å². The largest absolute Gasteiger partial charge is 0.465 e. The van der Waals surface area contributed by atoms with Gasteiger partial charge in [-0.2, -0.15) is 0 Å². The molecule has 2 aromatic rings. The summed E-state index contributed by atoms with van der Waals surface area (Å²) in [5.74, 6) is -0.108. The summed E-state index contributed by atoms with van der Waals surface area (Å²) in [7, 11) is 1.30. The Bertz CT molecular complexity index is 797. The number of anilines is 1. The number of amides is 1. The standard InChI is InChI=1S/C16H13NO4S2/c1-21-16(20)14-11(5-7-23-14)17-15(19)10-4-2-3-9-12(18)6-8-22-13(9)10/h2-5,7H,6,8H2,1H3,(H,17,19). The van der Waals surface area contributed by atoms with Gasteiger partial charge in [-0.15, -0.1) is 23.1 Å². The van der Waals surface area contributed by atoms with Gasteiger partial charge in [-0.1, -0.05) is 12.1 Å². The number of hydrogen-bond acceptors (Lipinski definition) is 6. The summed E-state index contributed by atoms with van der Waals surface area (Å²) < 4.78 is 4.70. The second-order valence-corrected chi connectivity index (χ2v) is 6.83. The first-order valence-electron chi connectivity index (χ1n) is 6.88. The number of methoxy groups -OCH3 is 1. The lowest BCUT2D eigenvalue weighted by molar-refractivity contribution is 0.0607. The normalized spacial score (nSPS) is 13.3. The van der Waals surface area contributed by atoms with Crippen LogP contribution in [0.2, 0.25) is 0 Å². The summed E-state index contributed by atoms with van der Waals surface area (Å²) in [4.78, 5) is 37.2. The zero-order chi connectivity index (χ0) is 16.4. The molecule has 1 aliphatic rings. The molecule has 0 atom stereocenters. The molecule has 0 aliphatic carbocycles. The zero-order valence-electron chi connectivity index (χ0n) is 12.3. The van der Waals surface area contributed by atoms with E-state index in [2.05, 4.69) is 5.32 Å². The number of nitrogens with one attached hydrogen (secondary N) is 1. The lowest BCUT2D eigenvalue weighted by atomic mass is 10.0. The van der Waals surface area contributed by atoms with Crippen molar-refractivity contribution in [2.45, 2.75) is 11.3 Å². The van der Waals surface area contributed by atoms with Crippen molar-refractivity contribution < 1.29 is 19.1 Å². The van der Waals surface area contributed by atoms with Crippen molar-refractivity contribution in [2.24, 2.45) is 0 Å². The van der Waals surface area contributed by atoms with Gasteiger partial charge in [-0.25, -0.2) is 4.79 Å². The summed E-state index contributed by atoms with van der Waals surface area (Å²) in [5, 5.41) is 4.44. The van der Waals surface area contributed by atoms with Crippen molar-refractivity contribution in [3.05, 3.63) is 45.6 Å². The Hall–Kier alpha value is -2.12. The number of carbonyl (C=O) groups excluding carboxylic acids is 3. The molecule has 3 rings (SSSR count). The number of thioether (sulfide) groups is 1. The van der Waals surface area contributed by atoms with Gasteiger partial charge in [-0.05, 0) is 17.5 Å². The second kappa shape index (κ2) is 6.55. The molecule has 1 N–H and O–H groups in total. The van der Waals surface area contributed by atoms with Gasteiger partial charge in [0.15, 0.2) is 5.78 Å². The maximum atomic E-state index is 12.6. The Kier molecular flexibility index (Phi) is 4.49. The van der Waals surface area contributed by atoms with E-state index in [1.807, 2.05) is 0 Å². The van der Waals surface area contributed by atoms with Crippen molar-refractivity contribution >= 4 is 46.4 Å². The van der Waals surface area contributed by atoms with Gasteiger partial charge < -0.3 is 10.1 Å². The molecule has 0 saturated carbocycles. The number of hydrogen-bond donors (Lipinski definition) is 1. The number of rotatable bonds is 3. The maximum absolute atomic E-state index is 12.6. The Morgan fingerprint density at radius 2 is 2.09 bits per heavy atom. The number of benzene rings is 1. The number of thiophene rings is 1. The first kappa shape index (κ1) is 15.8. The Morgan fingerprint density at radius 3 is 2.87 bits per heavy atom. The molecule has 2 heterocycles. The lowest BCUT2D eigenvalue weighted by Gasteiger charge is -2.17. The molecular weight excluding hydrogens is 334 g/mol. The third-order valence-electron chi connectivity index (χ3n) is 3.42. The molecule has 0 fully saturated rings. The highest BCUT2D eigenvalue weighted by molar-refractivity contribution is 7.99. The monoisotopic (exact) mass is 347 g/mol. The quantitative estimate of drug-likeness (QED) is 0.861. The van der Waals surface area contributed by atoms with Crippen LogP contribution in [-0.4, -0.2) is 30.5 Å². The van der Waals surface area contributed by atoms with Gasteiger partial charge >= 0.3 is 5.97 Å². The van der Waals surface area contributed by atoms with E-state index in [1.54, 1.807) is 29.6 Å². The van der Waals surface area contributed by atoms with Crippen LogP contribution in [-0.2, 0) is 4.74 Å².